The molecule has 1 atom stereocenters. The number of fused-ring (bicyclic) bond motifs is 1. The van der Waals surface area contributed by atoms with Gasteiger partial charge in [0.2, 0.25) is 11.8 Å². The van der Waals surface area contributed by atoms with E-state index in [1.54, 1.807) is 11.1 Å². The summed E-state index contributed by atoms with van der Waals surface area (Å²) >= 11 is 0. The molecule has 4 rings (SSSR count). The maximum absolute atomic E-state index is 12.8. The van der Waals surface area contributed by atoms with Gasteiger partial charge in [0.15, 0.2) is 0 Å². The van der Waals surface area contributed by atoms with Crippen molar-refractivity contribution in [1.29, 1.82) is 0 Å². The number of aromatic nitrogens is 2. The van der Waals surface area contributed by atoms with Crippen molar-refractivity contribution in [3.05, 3.63) is 59.8 Å². The van der Waals surface area contributed by atoms with Gasteiger partial charge >= 0.3 is 0 Å². The number of H-pyrrole nitrogens is 1. The van der Waals surface area contributed by atoms with Gasteiger partial charge in [0.25, 0.3) is 0 Å². The molecule has 6 heteroatoms. The Morgan fingerprint density at radius 3 is 2.88 bits per heavy atom. The third-order valence-corrected chi connectivity index (χ3v) is 4.84. The molecule has 0 saturated carbocycles. The molecule has 2 heterocycles. The zero-order chi connectivity index (χ0) is 18.1. The molecule has 3 aromatic rings. The van der Waals surface area contributed by atoms with Crippen molar-refractivity contribution >= 4 is 28.4 Å². The molecule has 26 heavy (non-hydrogen) atoms. The van der Waals surface area contributed by atoms with E-state index in [9.17, 15) is 9.59 Å². The minimum atomic E-state index is -0.456. The van der Waals surface area contributed by atoms with Crippen LogP contribution in [0.1, 0.15) is 24.0 Å². The first-order chi connectivity index (χ1) is 12.6. The number of carbonyl (C=O) groups excluding carboxylic acids is 2. The highest BCUT2D eigenvalue weighted by atomic mass is 16.2. The zero-order valence-corrected chi connectivity index (χ0v) is 14.5. The smallest absolute Gasteiger partial charge is 0.247 e. The number of carbonyl (C=O) groups is 2. The van der Waals surface area contributed by atoms with E-state index in [0.717, 1.165) is 16.5 Å². The van der Waals surface area contributed by atoms with Crippen LogP contribution in [-0.2, 0) is 16.1 Å². The number of aryl methyl sites for hydroxylation is 1. The summed E-state index contributed by atoms with van der Waals surface area (Å²) in [5.41, 5.74) is 3.66. The summed E-state index contributed by atoms with van der Waals surface area (Å²) < 4.78 is 0. The topological polar surface area (TPSA) is 78.1 Å². The second-order valence-electron chi connectivity index (χ2n) is 6.69. The molecule has 2 amide bonds. The number of nitrogens with one attached hydrogen (secondary N) is 2. The van der Waals surface area contributed by atoms with E-state index in [-0.39, 0.29) is 11.8 Å². The molecule has 132 valence electrons. The molecular formula is C20H20N4O2. The van der Waals surface area contributed by atoms with Gasteiger partial charge in [-0.05, 0) is 25.0 Å². The maximum Gasteiger partial charge on any atom is 0.247 e. The summed E-state index contributed by atoms with van der Waals surface area (Å²) in [4.78, 5) is 26.8. The Bertz CT molecular complexity index is 961. The predicted octanol–water partition coefficient (Wildman–Crippen LogP) is 3.00. The summed E-state index contributed by atoms with van der Waals surface area (Å²) in [6, 6.07) is 13.2. The molecule has 1 aliphatic rings. The van der Waals surface area contributed by atoms with E-state index in [1.807, 2.05) is 49.4 Å². The van der Waals surface area contributed by atoms with Crippen LogP contribution in [0.2, 0.25) is 0 Å². The Hall–Kier alpha value is -3.15. The van der Waals surface area contributed by atoms with Gasteiger partial charge in [-0.3, -0.25) is 14.7 Å². The number of aromatic amines is 1. The van der Waals surface area contributed by atoms with Crippen LogP contribution in [-0.4, -0.2) is 33.0 Å². The van der Waals surface area contributed by atoms with Crippen LogP contribution in [0.25, 0.3) is 10.9 Å². The van der Waals surface area contributed by atoms with Gasteiger partial charge in [0.05, 0.1) is 17.4 Å². The minimum absolute atomic E-state index is 0.0190. The van der Waals surface area contributed by atoms with Crippen molar-refractivity contribution in [1.82, 2.24) is 15.1 Å². The number of nitrogens with zero attached hydrogens (tertiary/aromatic N) is 2. The molecule has 2 aromatic carbocycles. The van der Waals surface area contributed by atoms with Crippen LogP contribution in [0.3, 0.4) is 0 Å². The number of likely N-dealkylation sites (tertiary alicyclic amines) is 1. The normalized spacial score (nSPS) is 17.0. The molecule has 0 radical (unpaired) electrons. The van der Waals surface area contributed by atoms with Gasteiger partial charge < -0.3 is 10.2 Å². The minimum Gasteiger partial charge on any atom is -0.326 e. The number of rotatable bonds is 4. The van der Waals surface area contributed by atoms with Crippen LogP contribution < -0.4 is 5.32 Å². The molecule has 0 spiro atoms. The van der Waals surface area contributed by atoms with Crippen molar-refractivity contribution in [3.63, 3.8) is 0 Å². The van der Waals surface area contributed by atoms with Crippen LogP contribution in [0.15, 0.2) is 48.7 Å². The van der Waals surface area contributed by atoms with Crippen molar-refractivity contribution in [2.45, 2.75) is 32.4 Å². The molecule has 1 unspecified atom stereocenters. The van der Waals surface area contributed by atoms with Gasteiger partial charge in [-0.25, -0.2) is 0 Å². The first kappa shape index (κ1) is 16.3. The lowest BCUT2D eigenvalue weighted by atomic mass is 10.1. The summed E-state index contributed by atoms with van der Waals surface area (Å²) in [5.74, 6) is -0.143. The molecule has 2 N–H and O–H groups in total. The highest BCUT2D eigenvalue weighted by molar-refractivity contribution is 6.04. The molecule has 1 aliphatic heterocycles. The Labute approximate surface area is 151 Å². The van der Waals surface area contributed by atoms with E-state index in [2.05, 4.69) is 15.5 Å². The van der Waals surface area contributed by atoms with Crippen molar-refractivity contribution < 1.29 is 9.59 Å². The fourth-order valence-corrected chi connectivity index (χ4v) is 3.38. The van der Waals surface area contributed by atoms with Crippen molar-refractivity contribution in [2.24, 2.45) is 0 Å². The first-order valence-corrected chi connectivity index (χ1v) is 8.70. The fourth-order valence-electron chi connectivity index (χ4n) is 3.38. The third kappa shape index (κ3) is 3.06. The Balaban J connectivity index is 1.53. The SMILES string of the molecule is Cc1ccc(CN2C(=O)CCC2C(=O)Nc2cccc3cn[nH]c23)cc1. The van der Waals surface area contributed by atoms with Crippen LogP contribution in [0, 0.1) is 6.92 Å². The molecule has 0 bridgehead atoms. The fraction of sp³-hybridized carbons (Fsp3) is 0.250. The van der Waals surface area contributed by atoms with Gasteiger partial charge in [0.1, 0.15) is 6.04 Å². The highest BCUT2D eigenvalue weighted by Crippen LogP contribution is 2.25. The van der Waals surface area contributed by atoms with E-state index in [1.165, 1.54) is 5.56 Å². The Morgan fingerprint density at radius 2 is 2.08 bits per heavy atom. The number of anilines is 1. The number of hydrogen-bond acceptors (Lipinski definition) is 3. The van der Waals surface area contributed by atoms with E-state index in [0.29, 0.717) is 25.1 Å². The third-order valence-electron chi connectivity index (χ3n) is 4.84. The largest absolute Gasteiger partial charge is 0.326 e. The van der Waals surface area contributed by atoms with Crippen LogP contribution >= 0.6 is 0 Å². The summed E-state index contributed by atoms with van der Waals surface area (Å²) in [5, 5.41) is 10.8. The van der Waals surface area contributed by atoms with Gasteiger partial charge in [0, 0.05) is 18.4 Å². The highest BCUT2D eigenvalue weighted by Gasteiger charge is 2.36. The second-order valence-corrected chi connectivity index (χ2v) is 6.69. The summed E-state index contributed by atoms with van der Waals surface area (Å²) in [7, 11) is 0. The second kappa shape index (κ2) is 6.63. The number of hydrogen-bond donors (Lipinski definition) is 2. The lowest BCUT2D eigenvalue weighted by Gasteiger charge is -2.24. The molecule has 1 fully saturated rings. The average Bonchev–Trinajstić information content (AvgIpc) is 3.25. The zero-order valence-electron chi connectivity index (χ0n) is 14.5. The lowest BCUT2D eigenvalue weighted by Crippen LogP contribution is -2.41. The lowest BCUT2D eigenvalue weighted by molar-refractivity contribution is -0.133. The Morgan fingerprint density at radius 1 is 1.27 bits per heavy atom. The van der Waals surface area contributed by atoms with Crippen molar-refractivity contribution in [2.75, 3.05) is 5.32 Å². The summed E-state index contributed by atoms with van der Waals surface area (Å²) in [6.45, 7) is 2.47. The predicted molar refractivity (Wildman–Crippen MR) is 99.5 cm³/mol. The maximum atomic E-state index is 12.8. The van der Waals surface area contributed by atoms with E-state index < -0.39 is 6.04 Å². The van der Waals surface area contributed by atoms with Gasteiger partial charge in [-0.2, -0.15) is 5.10 Å². The number of para-hydroxylation sites is 1. The van der Waals surface area contributed by atoms with Crippen molar-refractivity contribution in [3.8, 4) is 0 Å². The first-order valence-electron chi connectivity index (χ1n) is 8.70. The van der Waals surface area contributed by atoms with Gasteiger partial charge in [-0.15, -0.1) is 0 Å². The molecule has 0 aliphatic carbocycles. The van der Waals surface area contributed by atoms with E-state index in [4.69, 9.17) is 0 Å². The quantitative estimate of drug-likeness (QED) is 0.761. The monoisotopic (exact) mass is 348 g/mol. The molecule has 6 nitrogen and oxygen atoms in total. The number of benzene rings is 2. The summed E-state index contributed by atoms with van der Waals surface area (Å²) in [6.07, 6.45) is 2.65. The molecular weight excluding hydrogens is 328 g/mol. The van der Waals surface area contributed by atoms with E-state index >= 15 is 0 Å². The Kier molecular flexibility index (Phi) is 4.16. The molecule has 1 aromatic heterocycles. The molecule has 1 saturated heterocycles. The average molecular weight is 348 g/mol. The van der Waals surface area contributed by atoms with Gasteiger partial charge in [-0.1, -0.05) is 42.0 Å². The number of amides is 2. The standard InChI is InChI=1S/C20H20N4O2/c1-13-5-7-14(8-6-13)12-24-17(9-10-18(24)25)20(26)22-16-4-2-3-15-11-21-23-19(15)16/h2-8,11,17H,9-10,12H2,1H3,(H,21,23)(H,22,26). The van der Waals surface area contributed by atoms with Crippen LogP contribution in [0.5, 0.6) is 0 Å². The van der Waals surface area contributed by atoms with Crippen LogP contribution in [0.4, 0.5) is 5.69 Å².